The number of methoxy groups -OCH3 is 1. The molecule has 0 aromatic heterocycles. The van der Waals surface area contributed by atoms with Crippen LogP contribution >= 0.6 is 11.8 Å². The van der Waals surface area contributed by atoms with E-state index in [9.17, 15) is 23.1 Å². The van der Waals surface area contributed by atoms with Crippen LogP contribution in [0.5, 0.6) is 5.75 Å². The molecule has 146 valence electrons. The van der Waals surface area contributed by atoms with Crippen molar-refractivity contribution in [3.05, 3.63) is 23.8 Å². The van der Waals surface area contributed by atoms with Gasteiger partial charge in [-0.2, -0.15) is 4.99 Å². The molecule has 0 radical (unpaired) electrons. The number of fused-ring (bicyclic) bond motifs is 1. The highest BCUT2D eigenvalue weighted by atomic mass is 32.2. The fourth-order valence-electron chi connectivity index (χ4n) is 3.21. The summed E-state index contributed by atoms with van der Waals surface area (Å²) in [5, 5.41) is 10.7. The van der Waals surface area contributed by atoms with Crippen molar-refractivity contribution in [2.75, 3.05) is 23.5 Å². The van der Waals surface area contributed by atoms with Crippen LogP contribution in [0.3, 0.4) is 0 Å². The number of anilines is 1. The lowest BCUT2D eigenvalue weighted by Crippen LogP contribution is -2.38. The Hall–Kier alpha value is -2.07. The number of carbonyl (C=O) groups is 2. The van der Waals surface area contributed by atoms with E-state index in [1.807, 2.05) is 19.1 Å². The highest BCUT2D eigenvalue weighted by Crippen LogP contribution is 2.44. The van der Waals surface area contributed by atoms with Crippen molar-refractivity contribution < 1.29 is 27.9 Å². The molecule has 2 saturated heterocycles. The van der Waals surface area contributed by atoms with Gasteiger partial charge in [-0.25, -0.2) is 8.42 Å². The van der Waals surface area contributed by atoms with E-state index in [0.717, 1.165) is 5.56 Å². The number of nitrogens with zero attached hydrogens (tertiary/aromatic N) is 2. The largest absolute Gasteiger partial charge is 0.550 e. The number of rotatable bonds is 5. The predicted molar refractivity (Wildman–Crippen MR) is 101 cm³/mol. The van der Waals surface area contributed by atoms with E-state index in [0.29, 0.717) is 16.6 Å². The zero-order valence-corrected chi connectivity index (χ0v) is 16.5. The second-order valence-electron chi connectivity index (χ2n) is 6.51. The Morgan fingerprint density at radius 1 is 1.33 bits per heavy atom. The van der Waals surface area contributed by atoms with Crippen LogP contribution in [-0.2, 0) is 19.4 Å². The Kier molecular flexibility index (Phi) is 5.48. The Labute approximate surface area is 161 Å². The summed E-state index contributed by atoms with van der Waals surface area (Å²) in [6.07, 6.45) is -0.673. The topological polar surface area (TPSA) is 116 Å². The van der Waals surface area contributed by atoms with Gasteiger partial charge in [0.1, 0.15) is 5.75 Å². The van der Waals surface area contributed by atoms with Crippen LogP contribution in [0, 0.1) is 6.92 Å². The lowest BCUT2D eigenvalue weighted by atomic mass is 10.1. The molecule has 1 aromatic rings. The number of carbonyl (C=O) groups excluding carboxylic acids is 2. The molecular formula is C17H19N2O6S2-. The summed E-state index contributed by atoms with van der Waals surface area (Å²) in [6.45, 7) is 1.90. The molecule has 1 aromatic carbocycles. The van der Waals surface area contributed by atoms with Crippen molar-refractivity contribution in [1.82, 2.24) is 0 Å². The third-order valence-corrected chi connectivity index (χ3v) is 7.63. The van der Waals surface area contributed by atoms with Crippen LogP contribution in [0.15, 0.2) is 23.2 Å². The van der Waals surface area contributed by atoms with Crippen LogP contribution in [0.1, 0.15) is 18.4 Å². The van der Waals surface area contributed by atoms with Crippen LogP contribution in [0.2, 0.25) is 0 Å². The number of sulfone groups is 1. The Morgan fingerprint density at radius 2 is 2.07 bits per heavy atom. The molecule has 0 saturated carbocycles. The molecule has 0 unspecified atom stereocenters. The monoisotopic (exact) mass is 411 g/mol. The first-order chi connectivity index (χ1) is 12.7. The number of carboxylic acid groups (broad SMARTS) is 1. The molecular weight excluding hydrogens is 392 g/mol. The van der Waals surface area contributed by atoms with E-state index < -0.39 is 28.1 Å². The summed E-state index contributed by atoms with van der Waals surface area (Å²) < 4.78 is 29.6. The first-order valence-corrected chi connectivity index (χ1v) is 11.0. The molecule has 2 aliphatic rings. The normalized spacial score (nSPS) is 24.8. The maximum Gasteiger partial charge on any atom is 0.248 e. The number of benzene rings is 1. The first kappa shape index (κ1) is 19.7. The number of hydrogen-bond donors (Lipinski definition) is 0. The summed E-state index contributed by atoms with van der Waals surface area (Å²) >= 11 is 1.23. The molecule has 2 heterocycles. The van der Waals surface area contributed by atoms with Crippen molar-refractivity contribution in [3.63, 3.8) is 0 Å². The molecule has 2 aliphatic heterocycles. The Balaban J connectivity index is 2.00. The molecule has 0 bridgehead atoms. The molecule has 0 spiro atoms. The fourth-order valence-corrected chi connectivity index (χ4v) is 7.13. The van der Waals surface area contributed by atoms with E-state index >= 15 is 0 Å². The van der Waals surface area contributed by atoms with Gasteiger partial charge in [-0.15, -0.1) is 0 Å². The molecule has 3 rings (SSSR count). The summed E-state index contributed by atoms with van der Waals surface area (Å²) in [4.78, 5) is 28.5. The third-order valence-electron chi connectivity index (χ3n) is 4.42. The minimum absolute atomic E-state index is 0.0131. The smallest absolute Gasteiger partial charge is 0.248 e. The Morgan fingerprint density at radius 3 is 2.74 bits per heavy atom. The number of amidine groups is 1. The van der Waals surface area contributed by atoms with Gasteiger partial charge < -0.3 is 19.5 Å². The SMILES string of the molecule is COc1ccc(C)cc1N1C(=NC(=O)CCC(=O)[O-])S[C@H]2CS(=O)(=O)C[C@@H]21. The van der Waals surface area contributed by atoms with Crippen LogP contribution in [0.4, 0.5) is 5.69 Å². The van der Waals surface area contributed by atoms with Crippen molar-refractivity contribution in [3.8, 4) is 5.75 Å². The second-order valence-corrected chi connectivity index (χ2v) is 9.87. The molecule has 1 amide bonds. The summed E-state index contributed by atoms with van der Waals surface area (Å²) in [5.41, 5.74) is 1.59. The van der Waals surface area contributed by atoms with Crippen LogP contribution < -0.4 is 14.7 Å². The summed E-state index contributed by atoms with van der Waals surface area (Å²) in [5.74, 6) is -1.38. The van der Waals surface area contributed by atoms with E-state index in [-0.39, 0.29) is 29.2 Å². The molecule has 0 N–H and O–H groups in total. The molecule has 2 fully saturated rings. The number of aliphatic carboxylic acids is 1. The molecule has 8 nitrogen and oxygen atoms in total. The standard InChI is InChI=1S/C17H20N2O6S2/c1-10-3-4-13(25-2)11(7-10)19-12-8-27(23,24)9-14(12)26-17(19)18-15(20)5-6-16(21)22/h3-4,7,12,14H,5-6,8-9H2,1-2H3,(H,21,22)/p-1/t12-,14-/m0/s1. The van der Waals surface area contributed by atoms with Crippen molar-refractivity contribution in [2.45, 2.75) is 31.1 Å². The first-order valence-electron chi connectivity index (χ1n) is 8.32. The average Bonchev–Trinajstić information content (AvgIpc) is 3.03. The quantitative estimate of drug-likeness (QED) is 0.672. The number of hydrogen-bond acceptors (Lipinski definition) is 7. The summed E-state index contributed by atoms with van der Waals surface area (Å²) in [6, 6.07) is 5.15. The molecule has 0 aliphatic carbocycles. The van der Waals surface area contributed by atoms with Gasteiger partial charge in [-0.1, -0.05) is 17.8 Å². The van der Waals surface area contributed by atoms with Crippen molar-refractivity contribution >= 4 is 44.3 Å². The van der Waals surface area contributed by atoms with Gasteiger partial charge in [-0.05, 0) is 31.0 Å². The maximum atomic E-state index is 12.1. The number of aryl methyl sites for hydroxylation is 1. The molecule has 2 atom stereocenters. The van der Waals surface area contributed by atoms with Crippen LogP contribution in [0.25, 0.3) is 0 Å². The number of ether oxygens (including phenoxy) is 1. The van der Waals surface area contributed by atoms with E-state index in [2.05, 4.69) is 4.99 Å². The highest BCUT2D eigenvalue weighted by Gasteiger charge is 2.50. The van der Waals surface area contributed by atoms with Gasteiger partial charge in [0.25, 0.3) is 0 Å². The lowest BCUT2D eigenvalue weighted by Gasteiger charge is -2.26. The zero-order valence-electron chi connectivity index (χ0n) is 14.9. The van der Waals surface area contributed by atoms with Gasteiger partial charge in [0, 0.05) is 17.6 Å². The van der Waals surface area contributed by atoms with Gasteiger partial charge in [-0.3, -0.25) is 4.79 Å². The number of carboxylic acids is 1. The number of aliphatic imine (C=N–C) groups is 1. The van der Waals surface area contributed by atoms with Gasteiger partial charge in [0.15, 0.2) is 15.0 Å². The van der Waals surface area contributed by atoms with E-state index in [1.165, 1.54) is 18.9 Å². The molecule has 27 heavy (non-hydrogen) atoms. The lowest BCUT2D eigenvalue weighted by molar-refractivity contribution is -0.305. The zero-order chi connectivity index (χ0) is 19.8. The number of amides is 1. The van der Waals surface area contributed by atoms with Crippen molar-refractivity contribution in [2.24, 2.45) is 4.99 Å². The fraction of sp³-hybridized carbons (Fsp3) is 0.471. The minimum Gasteiger partial charge on any atom is -0.550 e. The van der Waals surface area contributed by atoms with E-state index in [1.54, 1.807) is 11.0 Å². The third kappa shape index (κ3) is 4.27. The predicted octanol–water partition coefficient (Wildman–Crippen LogP) is 0.135. The van der Waals surface area contributed by atoms with Gasteiger partial charge in [0.05, 0.1) is 30.3 Å². The van der Waals surface area contributed by atoms with Crippen LogP contribution in [-0.4, -0.2) is 55.4 Å². The van der Waals surface area contributed by atoms with Gasteiger partial charge >= 0.3 is 0 Å². The average molecular weight is 411 g/mol. The molecule has 10 heteroatoms. The van der Waals surface area contributed by atoms with Crippen molar-refractivity contribution in [1.29, 1.82) is 0 Å². The van der Waals surface area contributed by atoms with Gasteiger partial charge in [0.2, 0.25) is 5.91 Å². The summed E-state index contributed by atoms with van der Waals surface area (Å²) in [7, 11) is -1.66. The number of thioether (sulfide) groups is 1. The second kappa shape index (κ2) is 7.51. The Bertz CT molecular complexity index is 912. The minimum atomic E-state index is -3.18. The highest BCUT2D eigenvalue weighted by molar-refractivity contribution is 8.16. The maximum absolute atomic E-state index is 12.1. The van der Waals surface area contributed by atoms with E-state index in [4.69, 9.17) is 4.74 Å².